The molecule has 1 rings (SSSR count). The van der Waals surface area contributed by atoms with E-state index in [1.165, 1.54) is 0 Å². The zero-order chi connectivity index (χ0) is 11.9. The molecule has 1 aromatic heterocycles. The molecule has 0 atom stereocenters. The maximum atomic E-state index is 12.6. The Morgan fingerprint density at radius 1 is 1.33 bits per heavy atom. The summed E-state index contributed by atoms with van der Waals surface area (Å²) in [6.07, 6.45) is -5.66. The molecule has 0 saturated carbocycles. The minimum Gasteiger partial charge on any atom is -0.478 e. The van der Waals surface area contributed by atoms with E-state index in [1.54, 1.807) is 0 Å². The van der Waals surface area contributed by atoms with E-state index in [4.69, 9.17) is 5.11 Å². The standard InChI is InChI=1S/C6H2F5NO3/c7-5(8,6(9,10)11)3-2(4(13)14)1-12-15-3/h1H,(H,13,14). The summed E-state index contributed by atoms with van der Waals surface area (Å²) in [5, 5.41) is 10.9. The Hall–Kier alpha value is -1.67. The van der Waals surface area contributed by atoms with Crippen LogP contribution >= 0.6 is 0 Å². The molecule has 15 heavy (non-hydrogen) atoms. The molecular weight excluding hydrogens is 229 g/mol. The summed E-state index contributed by atoms with van der Waals surface area (Å²) in [6.45, 7) is 0. The van der Waals surface area contributed by atoms with Crippen LogP contribution in [-0.4, -0.2) is 22.4 Å². The number of aromatic nitrogens is 1. The van der Waals surface area contributed by atoms with Gasteiger partial charge < -0.3 is 9.63 Å². The Labute approximate surface area is 78.3 Å². The lowest BCUT2D eigenvalue weighted by Gasteiger charge is -2.16. The van der Waals surface area contributed by atoms with E-state index in [2.05, 4.69) is 9.68 Å². The second kappa shape index (κ2) is 3.17. The van der Waals surface area contributed by atoms with Gasteiger partial charge in [-0.3, -0.25) is 0 Å². The Morgan fingerprint density at radius 3 is 2.27 bits per heavy atom. The molecule has 84 valence electrons. The van der Waals surface area contributed by atoms with Gasteiger partial charge in [0, 0.05) is 0 Å². The zero-order valence-corrected chi connectivity index (χ0v) is 6.68. The summed E-state index contributed by atoms with van der Waals surface area (Å²) >= 11 is 0. The van der Waals surface area contributed by atoms with E-state index >= 15 is 0 Å². The molecule has 0 aliphatic carbocycles. The number of rotatable bonds is 2. The lowest BCUT2D eigenvalue weighted by molar-refractivity contribution is -0.296. The summed E-state index contributed by atoms with van der Waals surface area (Å²) in [7, 11) is 0. The fourth-order valence-electron chi connectivity index (χ4n) is 0.747. The largest absolute Gasteiger partial charge is 0.478 e. The van der Waals surface area contributed by atoms with Crippen molar-refractivity contribution in [1.82, 2.24) is 5.16 Å². The summed E-state index contributed by atoms with van der Waals surface area (Å²) in [4.78, 5) is 10.3. The Balaban J connectivity index is 3.27. The average Bonchev–Trinajstić information content (AvgIpc) is 2.48. The minimum absolute atomic E-state index is 0.275. The van der Waals surface area contributed by atoms with Crippen molar-refractivity contribution < 1.29 is 36.4 Å². The molecule has 0 amide bonds. The van der Waals surface area contributed by atoms with E-state index in [-0.39, 0.29) is 6.20 Å². The maximum Gasteiger partial charge on any atom is 0.461 e. The van der Waals surface area contributed by atoms with Gasteiger partial charge in [-0.1, -0.05) is 5.16 Å². The lowest BCUT2D eigenvalue weighted by Crippen LogP contribution is -2.34. The fourth-order valence-corrected chi connectivity index (χ4v) is 0.747. The summed E-state index contributed by atoms with van der Waals surface area (Å²) < 4.78 is 64.2. The average molecular weight is 231 g/mol. The molecule has 0 unspecified atom stereocenters. The van der Waals surface area contributed by atoms with Crippen LogP contribution in [0, 0.1) is 0 Å². The van der Waals surface area contributed by atoms with Crippen LogP contribution in [0.2, 0.25) is 0 Å². The minimum atomic E-state index is -5.93. The molecular formula is C6H2F5NO3. The first-order chi connectivity index (χ1) is 6.68. The van der Waals surface area contributed by atoms with Gasteiger partial charge in [-0.25, -0.2) is 4.79 Å². The van der Waals surface area contributed by atoms with Gasteiger partial charge in [0.25, 0.3) is 0 Å². The first-order valence-corrected chi connectivity index (χ1v) is 3.31. The van der Waals surface area contributed by atoms with Gasteiger partial charge in [0.1, 0.15) is 5.56 Å². The van der Waals surface area contributed by atoms with Crippen molar-refractivity contribution >= 4 is 5.97 Å². The fraction of sp³-hybridized carbons (Fsp3) is 0.333. The number of nitrogens with zero attached hydrogens (tertiary/aromatic N) is 1. The maximum absolute atomic E-state index is 12.6. The molecule has 0 fully saturated rings. The van der Waals surface area contributed by atoms with Crippen LogP contribution in [0.15, 0.2) is 10.7 Å². The van der Waals surface area contributed by atoms with Crippen LogP contribution in [0.1, 0.15) is 16.1 Å². The van der Waals surface area contributed by atoms with Crippen molar-refractivity contribution in [1.29, 1.82) is 0 Å². The van der Waals surface area contributed by atoms with E-state index in [0.717, 1.165) is 0 Å². The molecule has 4 nitrogen and oxygen atoms in total. The topological polar surface area (TPSA) is 63.3 Å². The highest BCUT2D eigenvalue weighted by Crippen LogP contribution is 2.44. The van der Waals surface area contributed by atoms with E-state index in [1.807, 2.05) is 0 Å². The zero-order valence-electron chi connectivity index (χ0n) is 6.68. The van der Waals surface area contributed by atoms with Crippen LogP contribution in [0.4, 0.5) is 22.0 Å². The van der Waals surface area contributed by atoms with Gasteiger partial charge in [0.05, 0.1) is 6.20 Å². The van der Waals surface area contributed by atoms with Gasteiger partial charge in [-0.15, -0.1) is 0 Å². The van der Waals surface area contributed by atoms with E-state index in [9.17, 15) is 26.7 Å². The quantitative estimate of drug-likeness (QED) is 0.791. The number of hydrogen-bond donors (Lipinski definition) is 1. The van der Waals surface area contributed by atoms with Crippen LogP contribution in [0.25, 0.3) is 0 Å². The monoisotopic (exact) mass is 231 g/mol. The van der Waals surface area contributed by atoms with Crippen LogP contribution in [-0.2, 0) is 5.92 Å². The smallest absolute Gasteiger partial charge is 0.461 e. The number of hydrogen-bond acceptors (Lipinski definition) is 3. The van der Waals surface area contributed by atoms with E-state index in [0.29, 0.717) is 0 Å². The van der Waals surface area contributed by atoms with Gasteiger partial charge in [0.15, 0.2) is 0 Å². The van der Waals surface area contributed by atoms with Crippen molar-refractivity contribution in [2.45, 2.75) is 12.1 Å². The molecule has 0 saturated heterocycles. The number of carbonyl (C=O) groups is 1. The molecule has 0 aromatic carbocycles. The lowest BCUT2D eigenvalue weighted by atomic mass is 10.1. The van der Waals surface area contributed by atoms with Crippen molar-refractivity contribution in [3.8, 4) is 0 Å². The second-order valence-electron chi connectivity index (χ2n) is 2.45. The van der Waals surface area contributed by atoms with Gasteiger partial charge >= 0.3 is 18.1 Å². The molecule has 0 radical (unpaired) electrons. The molecule has 9 heteroatoms. The molecule has 1 aromatic rings. The Morgan fingerprint density at radius 2 is 1.87 bits per heavy atom. The van der Waals surface area contributed by atoms with Gasteiger partial charge in [-0.2, -0.15) is 22.0 Å². The number of carboxylic acids is 1. The summed E-state index contributed by atoms with van der Waals surface area (Å²) in [5.74, 6) is -9.38. The Bertz CT molecular complexity index is 382. The highest BCUT2D eigenvalue weighted by molar-refractivity contribution is 5.88. The van der Waals surface area contributed by atoms with Crippen molar-refractivity contribution in [3.05, 3.63) is 17.5 Å². The van der Waals surface area contributed by atoms with E-state index < -0.39 is 29.4 Å². The van der Waals surface area contributed by atoms with Crippen LogP contribution in [0.3, 0.4) is 0 Å². The molecule has 0 bridgehead atoms. The molecule has 0 spiro atoms. The molecule has 1 N–H and O–H groups in total. The number of halogens is 5. The highest BCUT2D eigenvalue weighted by Gasteiger charge is 2.63. The third-order valence-electron chi connectivity index (χ3n) is 1.44. The SMILES string of the molecule is O=C(O)c1cnoc1C(F)(F)C(F)(F)F. The summed E-state index contributed by atoms with van der Waals surface area (Å²) in [5.41, 5.74) is -1.32. The van der Waals surface area contributed by atoms with Gasteiger partial charge in [-0.05, 0) is 0 Å². The normalized spacial score (nSPS) is 12.9. The molecule has 0 aliphatic heterocycles. The highest BCUT2D eigenvalue weighted by atomic mass is 19.4. The second-order valence-corrected chi connectivity index (χ2v) is 2.45. The Kier molecular flexibility index (Phi) is 2.41. The molecule has 1 heterocycles. The number of alkyl halides is 5. The van der Waals surface area contributed by atoms with Crippen LogP contribution in [0.5, 0.6) is 0 Å². The molecule has 0 aliphatic rings. The predicted octanol–water partition coefficient (Wildman–Crippen LogP) is 2.03. The van der Waals surface area contributed by atoms with Crippen molar-refractivity contribution in [3.63, 3.8) is 0 Å². The summed E-state index contributed by atoms with van der Waals surface area (Å²) in [6, 6.07) is 0. The number of carboxylic acid groups (broad SMARTS) is 1. The van der Waals surface area contributed by atoms with Crippen molar-refractivity contribution in [2.24, 2.45) is 0 Å². The third kappa shape index (κ3) is 1.76. The van der Waals surface area contributed by atoms with Crippen LogP contribution < -0.4 is 0 Å². The first kappa shape index (κ1) is 11.4. The third-order valence-corrected chi connectivity index (χ3v) is 1.44. The number of aromatic carboxylic acids is 1. The first-order valence-electron chi connectivity index (χ1n) is 3.31. The predicted molar refractivity (Wildman–Crippen MR) is 33.4 cm³/mol. The van der Waals surface area contributed by atoms with Gasteiger partial charge in [0.2, 0.25) is 5.76 Å². The van der Waals surface area contributed by atoms with Crippen molar-refractivity contribution in [2.75, 3.05) is 0 Å².